The van der Waals surface area contributed by atoms with Gasteiger partial charge in [-0.05, 0) is 38.0 Å². The predicted molar refractivity (Wildman–Crippen MR) is 77.4 cm³/mol. The molecule has 0 aliphatic heterocycles. The highest BCUT2D eigenvalue weighted by Crippen LogP contribution is 2.18. The first-order valence-electron chi connectivity index (χ1n) is 7.14. The minimum Gasteiger partial charge on any atom is -0.348 e. The minimum atomic E-state index is -0.398. The second-order valence-electron chi connectivity index (χ2n) is 5.59. The molecule has 0 heterocycles. The molecule has 1 aromatic carbocycles. The van der Waals surface area contributed by atoms with Crippen LogP contribution in [-0.2, 0) is 9.59 Å². The molecule has 6 heteroatoms. The van der Waals surface area contributed by atoms with Crippen LogP contribution in [-0.4, -0.2) is 37.5 Å². The van der Waals surface area contributed by atoms with Gasteiger partial charge in [0.25, 0.3) is 11.8 Å². The lowest BCUT2D eigenvalue weighted by Gasteiger charge is -2.20. The van der Waals surface area contributed by atoms with Crippen LogP contribution in [0.1, 0.15) is 19.8 Å². The summed E-state index contributed by atoms with van der Waals surface area (Å²) in [5.74, 6) is -0.677. The van der Waals surface area contributed by atoms with Crippen molar-refractivity contribution in [2.45, 2.75) is 31.8 Å². The van der Waals surface area contributed by atoms with Gasteiger partial charge in [-0.1, -0.05) is 6.07 Å². The number of carbonyl (C=O) groups excluding carboxylic acids is 2. The molecule has 2 atom stereocenters. The van der Waals surface area contributed by atoms with Crippen molar-refractivity contribution in [2.75, 3.05) is 18.9 Å². The van der Waals surface area contributed by atoms with Gasteiger partial charge in [-0.3, -0.25) is 9.59 Å². The van der Waals surface area contributed by atoms with Crippen LogP contribution in [0.5, 0.6) is 0 Å². The molecule has 3 N–H and O–H groups in total. The van der Waals surface area contributed by atoms with Crippen molar-refractivity contribution in [3.8, 4) is 0 Å². The molecule has 1 aliphatic rings. The van der Waals surface area contributed by atoms with Gasteiger partial charge in [0, 0.05) is 11.7 Å². The van der Waals surface area contributed by atoms with Crippen LogP contribution in [0.4, 0.5) is 10.1 Å². The molecule has 0 aromatic heterocycles. The molecule has 1 saturated carbocycles. The Morgan fingerprint density at radius 1 is 1.43 bits per heavy atom. The van der Waals surface area contributed by atoms with E-state index in [1.54, 1.807) is 20.0 Å². The summed E-state index contributed by atoms with van der Waals surface area (Å²) < 4.78 is 13.0. The molecular weight excluding hydrogens is 273 g/mol. The summed E-state index contributed by atoms with van der Waals surface area (Å²) in [6.45, 7) is 1.94. The zero-order valence-electron chi connectivity index (χ0n) is 12.3. The van der Waals surface area contributed by atoms with E-state index in [1.807, 2.05) is 0 Å². The maximum atomic E-state index is 13.0. The molecular formula is C15H21FN3O2+. The lowest BCUT2D eigenvalue weighted by molar-refractivity contribution is -0.885. The zero-order chi connectivity index (χ0) is 15.4. The normalized spacial score (nSPS) is 16.9. The van der Waals surface area contributed by atoms with Gasteiger partial charge in [0.1, 0.15) is 5.82 Å². The average Bonchev–Trinajstić information content (AvgIpc) is 3.21. The van der Waals surface area contributed by atoms with E-state index in [9.17, 15) is 14.0 Å². The summed E-state index contributed by atoms with van der Waals surface area (Å²) in [6, 6.07) is 5.75. The molecule has 2 rings (SSSR count). The summed E-state index contributed by atoms with van der Waals surface area (Å²) in [6.07, 6.45) is 2.08. The molecule has 1 fully saturated rings. The number of rotatable bonds is 6. The van der Waals surface area contributed by atoms with E-state index in [-0.39, 0.29) is 24.4 Å². The molecule has 1 aliphatic carbocycles. The van der Waals surface area contributed by atoms with E-state index < -0.39 is 5.82 Å². The number of likely N-dealkylation sites (N-methyl/N-ethyl adjacent to an activating group) is 1. The SMILES string of the molecule is C[C@@H](C(=O)NC1CC1)[NH+](C)CC(=O)Nc1cccc(F)c1. The maximum Gasteiger partial charge on any atom is 0.279 e. The van der Waals surface area contributed by atoms with Gasteiger partial charge >= 0.3 is 0 Å². The van der Waals surface area contributed by atoms with Gasteiger partial charge in [0.15, 0.2) is 12.6 Å². The van der Waals surface area contributed by atoms with E-state index in [2.05, 4.69) is 10.6 Å². The Balaban J connectivity index is 1.81. The standard InChI is InChI=1S/C15H20FN3O2/c1-10(15(21)18-12-6-7-12)19(2)9-14(20)17-13-5-3-4-11(16)8-13/h3-5,8,10,12H,6-7,9H2,1-2H3,(H,17,20)(H,18,21)/p+1/t10-/m0/s1. The third kappa shape index (κ3) is 4.82. The summed E-state index contributed by atoms with van der Waals surface area (Å²) in [5, 5.41) is 5.55. The lowest BCUT2D eigenvalue weighted by atomic mass is 10.2. The molecule has 1 unspecified atom stereocenters. The lowest BCUT2D eigenvalue weighted by Crippen LogP contribution is -3.15. The monoisotopic (exact) mass is 294 g/mol. The van der Waals surface area contributed by atoms with Crippen molar-refractivity contribution in [2.24, 2.45) is 0 Å². The fourth-order valence-corrected chi connectivity index (χ4v) is 1.96. The van der Waals surface area contributed by atoms with Crippen LogP contribution in [0, 0.1) is 5.82 Å². The highest BCUT2D eigenvalue weighted by molar-refractivity contribution is 5.91. The van der Waals surface area contributed by atoms with Crippen LogP contribution < -0.4 is 15.5 Å². The first kappa shape index (κ1) is 15.4. The van der Waals surface area contributed by atoms with Crippen LogP contribution >= 0.6 is 0 Å². The first-order chi connectivity index (χ1) is 9.95. The third-order valence-corrected chi connectivity index (χ3v) is 3.60. The Labute approximate surface area is 123 Å². The fourth-order valence-electron chi connectivity index (χ4n) is 1.96. The van der Waals surface area contributed by atoms with Crippen molar-refractivity contribution in [1.82, 2.24) is 5.32 Å². The Morgan fingerprint density at radius 2 is 2.14 bits per heavy atom. The number of anilines is 1. The Bertz CT molecular complexity index is 531. The number of nitrogens with one attached hydrogen (secondary N) is 3. The molecule has 21 heavy (non-hydrogen) atoms. The number of carbonyl (C=O) groups is 2. The van der Waals surface area contributed by atoms with Crippen LogP contribution in [0.25, 0.3) is 0 Å². The topological polar surface area (TPSA) is 62.6 Å². The fraction of sp³-hybridized carbons (Fsp3) is 0.467. The highest BCUT2D eigenvalue weighted by Gasteiger charge is 2.29. The average molecular weight is 294 g/mol. The number of amides is 2. The van der Waals surface area contributed by atoms with E-state index in [4.69, 9.17) is 0 Å². The van der Waals surface area contributed by atoms with Gasteiger partial charge in [-0.2, -0.15) is 0 Å². The zero-order valence-corrected chi connectivity index (χ0v) is 12.3. The van der Waals surface area contributed by atoms with E-state index >= 15 is 0 Å². The molecule has 5 nitrogen and oxygen atoms in total. The number of quaternary nitrogens is 1. The van der Waals surface area contributed by atoms with Crippen molar-refractivity contribution in [3.63, 3.8) is 0 Å². The van der Waals surface area contributed by atoms with Gasteiger partial charge in [-0.25, -0.2) is 4.39 Å². The highest BCUT2D eigenvalue weighted by atomic mass is 19.1. The molecule has 0 bridgehead atoms. The van der Waals surface area contributed by atoms with Crippen molar-refractivity contribution in [1.29, 1.82) is 0 Å². The minimum absolute atomic E-state index is 0.0337. The quantitative estimate of drug-likeness (QED) is 0.689. The van der Waals surface area contributed by atoms with Gasteiger partial charge in [0.2, 0.25) is 0 Å². The predicted octanol–water partition coefficient (Wildman–Crippen LogP) is -0.0540. The maximum absolute atomic E-state index is 13.0. The second kappa shape index (κ2) is 6.67. The smallest absolute Gasteiger partial charge is 0.279 e. The second-order valence-corrected chi connectivity index (χ2v) is 5.59. The van der Waals surface area contributed by atoms with E-state index in [1.165, 1.54) is 18.2 Å². The number of benzene rings is 1. The number of halogens is 1. The molecule has 0 spiro atoms. The number of hydrogen-bond acceptors (Lipinski definition) is 2. The summed E-state index contributed by atoms with van der Waals surface area (Å²) in [7, 11) is 1.79. The number of hydrogen-bond donors (Lipinski definition) is 3. The van der Waals surface area contributed by atoms with Crippen molar-refractivity contribution >= 4 is 17.5 Å². The van der Waals surface area contributed by atoms with Gasteiger partial charge < -0.3 is 15.5 Å². The first-order valence-corrected chi connectivity index (χ1v) is 7.14. The van der Waals surface area contributed by atoms with Crippen molar-refractivity contribution < 1.29 is 18.9 Å². The summed E-state index contributed by atoms with van der Waals surface area (Å²) in [4.78, 5) is 24.6. The van der Waals surface area contributed by atoms with E-state index in [0.29, 0.717) is 11.7 Å². The van der Waals surface area contributed by atoms with Crippen LogP contribution in [0.3, 0.4) is 0 Å². The molecule has 1 aromatic rings. The van der Waals surface area contributed by atoms with Crippen LogP contribution in [0.2, 0.25) is 0 Å². The van der Waals surface area contributed by atoms with Crippen molar-refractivity contribution in [3.05, 3.63) is 30.1 Å². The molecule has 0 saturated heterocycles. The summed E-state index contributed by atoms with van der Waals surface area (Å²) >= 11 is 0. The third-order valence-electron chi connectivity index (χ3n) is 3.60. The van der Waals surface area contributed by atoms with Gasteiger partial charge in [0.05, 0.1) is 7.05 Å². The Kier molecular flexibility index (Phi) is 4.90. The molecule has 2 amide bonds. The Hall–Kier alpha value is -1.95. The van der Waals surface area contributed by atoms with Gasteiger partial charge in [-0.15, -0.1) is 0 Å². The van der Waals surface area contributed by atoms with Crippen LogP contribution in [0.15, 0.2) is 24.3 Å². The Morgan fingerprint density at radius 3 is 2.76 bits per heavy atom. The molecule has 0 radical (unpaired) electrons. The largest absolute Gasteiger partial charge is 0.348 e. The molecule has 114 valence electrons. The van der Waals surface area contributed by atoms with E-state index in [0.717, 1.165) is 17.7 Å². The summed E-state index contributed by atoms with van der Waals surface area (Å²) in [5.41, 5.74) is 0.419.